The van der Waals surface area contributed by atoms with Crippen LogP contribution >= 0.6 is 0 Å². The first-order chi connectivity index (χ1) is 21.5. The van der Waals surface area contributed by atoms with E-state index in [1.54, 1.807) is 0 Å². The summed E-state index contributed by atoms with van der Waals surface area (Å²) < 4.78 is 2.24. The predicted molar refractivity (Wildman–Crippen MR) is 181 cm³/mol. The van der Waals surface area contributed by atoms with Gasteiger partial charge in [-0.2, -0.15) is 0 Å². The van der Waals surface area contributed by atoms with Gasteiger partial charge in [0.15, 0.2) is 5.69 Å². The molecule has 44 heavy (non-hydrogen) atoms. The minimum Gasteiger partial charge on any atom is -0.278 e. The van der Waals surface area contributed by atoms with Gasteiger partial charge in [-0.1, -0.05) is 117 Å². The Hall–Kier alpha value is -5.79. The van der Waals surface area contributed by atoms with Crippen LogP contribution in [0.15, 0.2) is 121 Å². The van der Waals surface area contributed by atoms with Crippen LogP contribution in [0.2, 0.25) is 0 Å². The Labute approximate surface area is 254 Å². The Kier molecular flexibility index (Phi) is 4.99. The largest absolute Gasteiger partial charge is 0.278 e. The van der Waals surface area contributed by atoms with Gasteiger partial charge in [0.2, 0.25) is 5.95 Å². The Balaban J connectivity index is 1.45. The maximum atomic E-state index is 7.49. The molecule has 0 amide bonds. The van der Waals surface area contributed by atoms with E-state index in [4.69, 9.17) is 16.5 Å². The van der Waals surface area contributed by atoms with Crippen molar-refractivity contribution in [2.75, 3.05) is 0 Å². The smallest absolute Gasteiger partial charge is 0.235 e. The summed E-state index contributed by atoms with van der Waals surface area (Å²) in [6.45, 7) is 12.0. The van der Waals surface area contributed by atoms with E-state index in [9.17, 15) is 0 Å². The van der Waals surface area contributed by atoms with E-state index in [0.29, 0.717) is 11.6 Å². The molecule has 0 spiro atoms. The lowest BCUT2D eigenvalue weighted by atomic mass is 9.81. The van der Waals surface area contributed by atoms with E-state index in [1.807, 2.05) is 24.3 Å². The monoisotopic (exact) mass is 562 g/mol. The van der Waals surface area contributed by atoms with Crippen LogP contribution in [0.25, 0.3) is 76.7 Å². The van der Waals surface area contributed by atoms with E-state index in [-0.39, 0.29) is 5.41 Å². The van der Waals surface area contributed by atoms with Crippen LogP contribution in [0.3, 0.4) is 0 Å². The first-order valence-electron chi connectivity index (χ1n) is 14.9. The SMILES string of the molecule is [C-]#[N+]c1ccc(-c2nc(-n3c4cc5ccccc5cc4c4c5ccccc5ccc43)nc3c2C(C)(C)c2ccccc2-3)cc1. The molecule has 4 nitrogen and oxygen atoms in total. The summed E-state index contributed by atoms with van der Waals surface area (Å²) in [5, 5.41) is 7.19. The fourth-order valence-corrected chi connectivity index (χ4v) is 7.30. The zero-order valence-corrected chi connectivity index (χ0v) is 24.3. The van der Waals surface area contributed by atoms with Crippen LogP contribution < -0.4 is 0 Å². The van der Waals surface area contributed by atoms with Crippen molar-refractivity contribution in [3.8, 4) is 28.5 Å². The number of fused-ring (bicyclic) bond motifs is 9. The Morgan fingerprint density at radius 3 is 2.11 bits per heavy atom. The fraction of sp³-hybridized carbons (Fsp3) is 0.0750. The van der Waals surface area contributed by atoms with Crippen molar-refractivity contribution in [1.29, 1.82) is 0 Å². The number of hydrogen-bond acceptors (Lipinski definition) is 2. The van der Waals surface area contributed by atoms with Crippen molar-refractivity contribution in [3.05, 3.63) is 144 Å². The highest BCUT2D eigenvalue weighted by Crippen LogP contribution is 2.51. The summed E-state index contributed by atoms with van der Waals surface area (Å²) in [4.78, 5) is 14.5. The zero-order valence-electron chi connectivity index (χ0n) is 24.3. The predicted octanol–water partition coefficient (Wildman–Crippen LogP) is 10.4. The molecule has 0 bridgehead atoms. The summed E-state index contributed by atoms with van der Waals surface area (Å²) >= 11 is 0. The van der Waals surface area contributed by atoms with Crippen molar-refractivity contribution >= 4 is 49.0 Å². The minimum absolute atomic E-state index is 0.286. The van der Waals surface area contributed by atoms with Gasteiger partial charge in [-0.3, -0.25) is 4.57 Å². The molecule has 2 heterocycles. The number of rotatable bonds is 2. The van der Waals surface area contributed by atoms with Gasteiger partial charge in [-0.15, -0.1) is 0 Å². The van der Waals surface area contributed by atoms with Gasteiger partial charge in [-0.05, 0) is 50.9 Å². The zero-order chi connectivity index (χ0) is 29.6. The number of nitrogens with zero attached hydrogens (tertiary/aromatic N) is 4. The molecule has 1 aliphatic rings. The second-order valence-electron chi connectivity index (χ2n) is 12.2. The molecular formula is C40H26N4. The van der Waals surface area contributed by atoms with Crippen LogP contribution in [0.1, 0.15) is 25.0 Å². The van der Waals surface area contributed by atoms with Crippen LogP contribution in [0, 0.1) is 6.57 Å². The van der Waals surface area contributed by atoms with Crippen molar-refractivity contribution < 1.29 is 0 Å². The molecule has 0 saturated heterocycles. The molecule has 1 aliphatic carbocycles. The number of aromatic nitrogens is 3. The molecule has 206 valence electrons. The lowest BCUT2D eigenvalue weighted by Gasteiger charge is -2.24. The molecule has 6 aromatic carbocycles. The van der Waals surface area contributed by atoms with E-state index in [1.165, 1.54) is 37.9 Å². The van der Waals surface area contributed by atoms with Gasteiger partial charge in [0.25, 0.3) is 0 Å². The summed E-state index contributed by atoms with van der Waals surface area (Å²) in [6.07, 6.45) is 0. The normalized spacial score (nSPS) is 13.4. The molecule has 0 fully saturated rings. The molecule has 9 rings (SSSR count). The minimum atomic E-state index is -0.286. The van der Waals surface area contributed by atoms with Gasteiger partial charge in [-0.25, -0.2) is 14.8 Å². The highest BCUT2D eigenvalue weighted by atomic mass is 15.2. The van der Waals surface area contributed by atoms with Crippen LogP contribution in [0.4, 0.5) is 5.69 Å². The standard InChI is InChI=1S/C40H26N4/c1-40(2)32-15-9-8-14-30(32)38-36(40)37(25-16-19-28(41-3)20-17-25)42-39(43-38)44-33-21-18-24-10-6-7-13-29(24)35(33)31-22-26-11-4-5-12-27(26)23-34(31)44/h4-23H,1-2H3. The molecule has 4 heteroatoms. The third-order valence-corrected chi connectivity index (χ3v) is 9.37. The number of benzene rings is 6. The lowest BCUT2D eigenvalue weighted by Crippen LogP contribution is -2.18. The topological polar surface area (TPSA) is 35.1 Å². The number of hydrogen-bond donors (Lipinski definition) is 0. The van der Waals surface area contributed by atoms with E-state index < -0.39 is 0 Å². The van der Waals surface area contributed by atoms with Gasteiger partial charge in [0, 0.05) is 27.3 Å². The molecule has 8 aromatic rings. The molecular weight excluding hydrogens is 536 g/mol. The Bertz CT molecular complexity index is 2530. The van der Waals surface area contributed by atoms with Crippen LogP contribution in [-0.2, 0) is 5.41 Å². The van der Waals surface area contributed by atoms with Crippen molar-refractivity contribution in [2.24, 2.45) is 0 Å². The summed E-state index contributed by atoms with van der Waals surface area (Å²) in [5.41, 5.74) is 8.85. The summed E-state index contributed by atoms with van der Waals surface area (Å²) in [7, 11) is 0. The molecule has 0 radical (unpaired) electrons. The molecule has 2 aromatic heterocycles. The second-order valence-corrected chi connectivity index (χ2v) is 12.2. The van der Waals surface area contributed by atoms with Gasteiger partial charge >= 0.3 is 0 Å². The van der Waals surface area contributed by atoms with Crippen molar-refractivity contribution in [2.45, 2.75) is 19.3 Å². The fourth-order valence-electron chi connectivity index (χ4n) is 7.30. The maximum Gasteiger partial charge on any atom is 0.235 e. The molecule has 0 saturated carbocycles. The van der Waals surface area contributed by atoms with Gasteiger partial charge in [0.1, 0.15) is 0 Å². The third-order valence-electron chi connectivity index (χ3n) is 9.37. The van der Waals surface area contributed by atoms with Crippen LogP contribution in [0.5, 0.6) is 0 Å². The Morgan fingerprint density at radius 2 is 1.32 bits per heavy atom. The van der Waals surface area contributed by atoms with E-state index in [0.717, 1.165) is 39.1 Å². The van der Waals surface area contributed by atoms with Crippen LogP contribution in [-0.4, -0.2) is 14.5 Å². The van der Waals surface area contributed by atoms with Gasteiger partial charge in [0.05, 0.1) is 29.0 Å². The third kappa shape index (κ3) is 3.32. The summed E-state index contributed by atoms with van der Waals surface area (Å²) in [5.74, 6) is 0.645. The lowest BCUT2D eigenvalue weighted by molar-refractivity contribution is 0.657. The highest BCUT2D eigenvalue weighted by molar-refractivity contribution is 6.23. The molecule has 0 unspecified atom stereocenters. The van der Waals surface area contributed by atoms with E-state index >= 15 is 0 Å². The van der Waals surface area contributed by atoms with Gasteiger partial charge < -0.3 is 0 Å². The molecule has 0 aliphatic heterocycles. The molecule has 0 atom stereocenters. The first kappa shape index (κ1) is 24.8. The highest BCUT2D eigenvalue weighted by Gasteiger charge is 2.40. The second kappa shape index (κ2) is 8.86. The van der Waals surface area contributed by atoms with Crippen molar-refractivity contribution in [1.82, 2.24) is 14.5 Å². The maximum absolute atomic E-state index is 7.49. The summed E-state index contributed by atoms with van der Waals surface area (Å²) in [6, 6.07) is 42.5. The Morgan fingerprint density at radius 1 is 0.636 bits per heavy atom. The van der Waals surface area contributed by atoms with Crippen molar-refractivity contribution in [3.63, 3.8) is 0 Å². The average molecular weight is 563 g/mol. The first-order valence-corrected chi connectivity index (χ1v) is 14.9. The quantitative estimate of drug-likeness (QED) is 0.197. The molecule has 0 N–H and O–H groups in total. The van der Waals surface area contributed by atoms with E-state index in [2.05, 4.69) is 120 Å². The average Bonchev–Trinajstić information content (AvgIpc) is 3.51.